The van der Waals surface area contributed by atoms with Crippen molar-refractivity contribution in [3.63, 3.8) is 0 Å². The molecule has 8 rings (SSSR count). The summed E-state index contributed by atoms with van der Waals surface area (Å²) < 4.78 is 0. The molecule has 0 N–H and O–H groups in total. The largest absolute Gasteiger partial charge is 0.208 e. The van der Waals surface area contributed by atoms with Crippen LogP contribution in [-0.4, -0.2) is 15.0 Å². The number of aromatic nitrogens is 3. The topological polar surface area (TPSA) is 62.5 Å². The number of hydrogen-bond acceptors (Lipinski definition) is 4. The first kappa shape index (κ1) is 35.8. The maximum absolute atomic E-state index is 9.58. The minimum Gasteiger partial charge on any atom is -0.208 e. The van der Waals surface area contributed by atoms with Gasteiger partial charge in [0.25, 0.3) is 0 Å². The Morgan fingerprint density at radius 1 is 0.491 bits per heavy atom. The molecule has 3 atom stereocenters. The van der Waals surface area contributed by atoms with E-state index in [0.29, 0.717) is 34.9 Å². The van der Waals surface area contributed by atoms with Gasteiger partial charge >= 0.3 is 0 Å². The van der Waals surface area contributed by atoms with Crippen LogP contribution in [-0.2, 0) is 5.41 Å². The molecular weight excluding hydrogens is 669 g/mol. The lowest BCUT2D eigenvalue weighted by molar-refractivity contribution is 0.295. The third-order valence-electron chi connectivity index (χ3n) is 11.5. The van der Waals surface area contributed by atoms with Gasteiger partial charge in [0.15, 0.2) is 17.5 Å². The molecule has 1 saturated carbocycles. The first-order chi connectivity index (χ1) is 26.9. The van der Waals surface area contributed by atoms with Crippen molar-refractivity contribution in [1.29, 1.82) is 5.26 Å². The molecule has 0 amide bonds. The number of nitriles is 1. The summed E-state index contributed by atoms with van der Waals surface area (Å²) in [6, 6.07) is 55.1. The number of nitrogens with zero attached hydrogens (tertiary/aromatic N) is 4. The zero-order chi connectivity index (χ0) is 37.8. The molecule has 0 saturated heterocycles. The Morgan fingerprint density at radius 2 is 0.909 bits per heavy atom. The lowest BCUT2D eigenvalue weighted by atomic mass is 9.68. The minimum absolute atomic E-state index is 0.0272. The smallest absolute Gasteiger partial charge is 0.164 e. The van der Waals surface area contributed by atoms with E-state index in [4.69, 9.17) is 15.0 Å². The van der Waals surface area contributed by atoms with E-state index < -0.39 is 0 Å². The van der Waals surface area contributed by atoms with Gasteiger partial charge in [0.1, 0.15) is 0 Å². The van der Waals surface area contributed by atoms with Crippen LogP contribution in [0.15, 0.2) is 152 Å². The molecule has 1 heterocycles. The van der Waals surface area contributed by atoms with Crippen LogP contribution in [0.4, 0.5) is 0 Å². The summed E-state index contributed by atoms with van der Waals surface area (Å²) >= 11 is 0. The molecule has 6 aromatic carbocycles. The molecule has 4 nitrogen and oxygen atoms in total. The zero-order valence-corrected chi connectivity index (χ0v) is 31.9. The van der Waals surface area contributed by atoms with Crippen molar-refractivity contribution < 1.29 is 0 Å². The molecule has 0 radical (unpaired) electrons. The van der Waals surface area contributed by atoms with Gasteiger partial charge in [0.05, 0.1) is 11.6 Å². The fourth-order valence-corrected chi connectivity index (χ4v) is 8.59. The summed E-state index contributed by atoms with van der Waals surface area (Å²) in [6.45, 7) is 7.20. The van der Waals surface area contributed by atoms with Crippen LogP contribution in [0.25, 0.3) is 67.5 Å². The summed E-state index contributed by atoms with van der Waals surface area (Å²) in [6.07, 6.45) is 5.88. The van der Waals surface area contributed by atoms with Gasteiger partial charge in [-0.25, -0.2) is 15.0 Å². The SMILES string of the molecule is CCC1(c2cc(-c3ccc(C#N)cc3)cc(-c3nc(-c4cccc(-c5ccccc5)c4)nc(-c4cccc(-c5ccccc5)c4)n3)c2)C[C@H](C)CC[C@H](C)C1. The molecular formula is C51H46N4. The Balaban J connectivity index is 1.35. The highest BCUT2D eigenvalue weighted by atomic mass is 15.0. The molecule has 55 heavy (non-hydrogen) atoms. The van der Waals surface area contributed by atoms with E-state index in [1.54, 1.807) is 0 Å². The Morgan fingerprint density at radius 3 is 1.40 bits per heavy atom. The lowest BCUT2D eigenvalue weighted by Gasteiger charge is -2.36. The highest BCUT2D eigenvalue weighted by Gasteiger charge is 2.36. The van der Waals surface area contributed by atoms with Gasteiger partial charge in [-0.3, -0.25) is 0 Å². The van der Waals surface area contributed by atoms with Gasteiger partial charge in [-0.2, -0.15) is 5.26 Å². The van der Waals surface area contributed by atoms with Crippen LogP contribution in [0, 0.1) is 23.2 Å². The zero-order valence-electron chi connectivity index (χ0n) is 31.9. The Labute approximate surface area is 325 Å². The molecule has 4 heteroatoms. The Kier molecular flexibility index (Phi) is 10.2. The lowest BCUT2D eigenvalue weighted by Crippen LogP contribution is -2.28. The molecule has 1 aliphatic carbocycles. The van der Waals surface area contributed by atoms with Gasteiger partial charge in [-0.05, 0) is 112 Å². The van der Waals surface area contributed by atoms with Crippen molar-refractivity contribution in [1.82, 2.24) is 15.0 Å². The Hall–Kier alpha value is -6.18. The second kappa shape index (κ2) is 15.7. The van der Waals surface area contributed by atoms with Crippen LogP contribution in [0.1, 0.15) is 64.0 Å². The molecule has 1 aromatic heterocycles. The fourth-order valence-electron chi connectivity index (χ4n) is 8.59. The third-order valence-corrected chi connectivity index (χ3v) is 11.5. The number of hydrogen-bond donors (Lipinski definition) is 0. The van der Waals surface area contributed by atoms with Crippen molar-refractivity contribution in [3.8, 4) is 73.6 Å². The normalized spacial score (nSPS) is 18.3. The molecule has 0 aliphatic heterocycles. The van der Waals surface area contributed by atoms with E-state index in [1.807, 2.05) is 24.3 Å². The third kappa shape index (κ3) is 7.75. The molecule has 1 aliphatic rings. The highest BCUT2D eigenvalue weighted by Crippen LogP contribution is 2.47. The predicted molar refractivity (Wildman–Crippen MR) is 226 cm³/mol. The number of benzene rings is 6. The second-order valence-corrected chi connectivity index (χ2v) is 15.5. The quantitative estimate of drug-likeness (QED) is 0.147. The van der Waals surface area contributed by atoms with Gasteiger partial charge in [0, 0.05) is 16.7 Å². The summed E-state index contributed by atoms with van der Waals surface area (Å²) in [4.78, 5) is 15.8. The van der Waals surface area contributed by atoms with Crippen molar-refractivity contribution in [3.05, 3.63) is 163 Å². The molecule has 0 bridgehead atoms. The summed E-state index contributed by atoms with van der Waals surface area (Å²) in [7, 11) is 0. The average Bonchev–Trinajstić information content (AvgIpc) is 3.41. The summed E-state index contributed by atoms with van der Waals surface area (Å²) in [5.74, 6) is 3.19. The molecule has 1 unspecified atom stereocenters. The standard InChI is InChI=1S/C51H46N4/c1-4-51(32-35(2)21-22-36(3)33-51)47-30-45(40-25-23-37(34-52)24-26-40)29-46(31-47)50-54-48(43-19-11-17-41(27-43)38-13-7-5-8-14-38)53-49(55-50)44-20-12-18-42(28-44)39-15-9-6-10-16-39/h5-20,23-31,35-36H,4,21-22,32-33H2,1-3H3/t35-,36+,51?. The molecule has 270 valence electrons. The second-order valence-electron chi connectivity index (χ2n) is 15.5. The molecule has 7 aromatic rings. The maximum atomic E-state index is 9.58. The Bertz CT molecular complexity index is 2350. The van der Waals surface area contributed by atoms with Gasteiger partial charge in [0.2, 0.25) is 0 Å². The first-order valence-corrected chi connectivity index (χ1v) is 19.6. The van der Waals surface area contributed by atoms with Crippen LogP contribution in [0.2, 0.25) is 0 Å². The van der Waals surface area contributed by atoms with E-state index in [9.17, 15) is 5.26 Å². The van der Waals surface area contributed by atoms with Crippen LogP contribution < -0.4 is 0 Å². The van der Waals surface area contributed by atoms with Gasteiger partial charge in [-0.1, -0.05) is 149 Å². The van der Waals surface area contributed by atoms with E-state index in [2.05, 4.69) is 154 Å². The number of rotatable bonds is 8. The van der Waals surface area contributed by atoms with E-state index >= 15 is 0 Å². The summed E-state index contributed by atoms with van der Waals surface area (Å²) in [5.41, 5.74) is 11.5. The molecule has 1 fully saturated rings. The van der Waals surface area contributed by atoms with Crippen LogP contribution in [0.5, 0.6) is 0 Å². The van der Waals surface area contributed by atoms with Crippen molar-refractivity contribution in [2.45, 2.75) is 58.3 Å². The van der Waals surface area contributed by atoms with E-state index in [0.717, 1.165) is 69.3 Å². The van der Waals surface area contributed by atoms with E-state index in [-0.39, 0.29) is 5.41 Å². The van der Waals surface area contributed by atoms with Gasteiger partial charge < -0.3 is 0 Å². The maximum Gasteiger partial charge on any atom is 0.164 e. The average molecular weight is 715 g/mol. The van der Waals surface area contributed by atoms with Crippen LogP contribution in [0.3, 0.4) is 0 Å². The van der Waals surface area contributed by atoms with Crippen molar-refractivity contribution in [2.24, 2.45) is 11.8 Å². The van der Waals surface area contributed by atoms with Crippen LogP contribution >= 0.6 is 0 Å². The molecule has 0 spiro atoms. The summed E-state index contributed by atoms with van der Waals surface area (Å²) in [5, 5.41) is 9.58. The monoisotopic (exact) mass is 714 g/mol. The van der Waals surface area contributed by atoms with Gasteiger partial charge in [-0.15, -0.1) is 0 Å². The van der Waals surface area contributed by atoms with Crippen molar-refractivity contribution in [2.75, 3.05) is 0 Å². The minimum atomic E-state index is 0.0272. The fraction of sp³-hybridized carbons (Fsp3) is 0.216. The van der Waals surface area contributed by atoms with E-state index in [1.165, 1.54) is 18.4 Å². The highest BCUT2D eigenvalue weighted by molar-refractivity contribution is 5.77. The predicted octanol–water partition coefficient (Wildman–Crippen LogP) is 13.2. The van der Waals surface area contributed by atoms with Crippen molar-refractivity contribution >= 4 is 0 Å². The first-order valence-electron chi connectivity index (χ1n) is 19.6.